The van der Waals surface area contributed by atoms with E-state index in [0.29, 0.717) is 5.56 Å². The van der Waals surface area contributed by atoms with Gasteiger partial charge in [0.15, 0.2) is 0 Å². The number of ether oxygens (including phenoxy) is 1. The first-order chi connectivity index (χ1) is 8.69. The zero-order valence-corrected chi connectivity index (χ0v) is 11.9. The molecule has 0 aliphatic carbocycles. The van der Waals surface area contributed by atoms with Crippen LogP contribution >= 0.6 is 12.4 Å². The van der Waals surface area contributed by atoms with Crippen LogP contribution in [0.4, 0.5) is 0 Å². The van der Waals surface area contributed by atoms with Crippen molar-refractivity contribution in [2.45, 2.75) is 25.4 Å². The fourth-order valence-corrected chi connectivity index (χ4v) is 2.22. The van der Waals surface area contributed by atoms with Gasteiger partial charge in [-0.3, -0.25) is 9.88 Å². The molecule has 1 fully saturated rings. The Balaban J connectivity index is 0.00000180. The monoisotopic (exact) mass is 285 g/mol. The van der Waals surface area contributed by atoms with Crippen molar-refractivity contribution < 1.29 is 9.53 Å². The first-order valence-corrected chi connectivity index (χ1v) is 6.20. The van der Waals surface area contributed by atoms with Crippen molar-refractivity contribution in [1.29, 1.82) is 0 Å². The highest BCUT2D eigenvalue weighted by Gasteiger charge is 2.17. The number of carbonyl (C=O) groups excluding carboxylic acids is 1. The van der Waals surface area contributed by atoms with Gasteiger partial charge < -0.3 is 10.5 Å². The third-order valence-electron chi connectivity index (χ3n) is 3.17. The van der Waals surface area contributed by atoms with Crippen LogP contribution in [0.25, 0.3) is 0 Å². The molecule has 1 unspecified atom stereocenters. The summed E-state index contributed by atoms with van der Waals surface area (Å²) in [5.41, 5.74) is 7.38. The maximum absolute atomic E-state index is 11.3. The lowest BCUT2D eigenvalue weighted by Crippen LogP contribution is -2.42. The summed E-state index contributed by atoms with van der Waals surface area (Å²) in [6.45, 7) is 2.77. The number of rotatable bonds is 3. The molecule has 0 bridgehead atoms. The summed E-state index contributed by atoms with van der Waals surface area (Å²) < 4.78 is 4.63. The van der Waals surface area contributed by atoms with E-state index >= 15 is 0 Å². The molecule has 1 aliphatic heterocycles. The summed E-state index contributed by atoms with van der Waals surface area (Å²) in [5.74, 6) is -0.353. The number of aromatic nitrogens is 1. The molecule has 0 spiro atoms. The molecule has 6 heteroatoms. The smallest absolute Gasteiger partial charge is 0.339 e. The number of pyridine rings is 1. The topological polar surface area (TPSA) is 68.5 Å². The highest BCUT2D eigenvalue weighted by atomic mass is 35.5. The van der Waals surface area contributed by atoms with Crippen molar-refractivity contribution in [3.8, 4) is 0 Å². The van der Waals surface area contributed by atoms with Crippen LogP contribution in [-0.4, -0.2) is 42.1 Å². The first kappa shape index (κ1) is 15.9. The lowest BCUT2D eigenvalue weighted by atomic mass is 10.1. The van der Waals surface area contributed by atoms with E-state index in [9.17, 15) is 4.79 Å². The highest BCUT2D eigenvalue weighted by molar-refractivity contribution is 5.88. The van der Waals surface area contributed by atoms with E-state index < -0.39 is 0 Å². The minimum atomic E-state index is -0.353. The molecular formula is C13H20ClN3O2. The SMILES string of the molecule is COC(=O)c1ccc(CN2CCCC(N)C2)nc1.Cl. The molecule has 1 aromatic heterocycles. The maximum atomic E-state index is 11.3. The minimum Gasteiger partial charge on any atom is -0.465 e. The van der Waals surface area contributed by atoms with Gasteiger partial charge in [-0.2, -0.15) is 0 Å². The van der Waals surface area contributed by atoms with Crippen molar-refractivity contribution in [1.82, 2.24) is 9.88 Å². The van der Waals surface area contributed by atoms with Gasteiger partial charge >= 0.3 is 5.97 Å². The van der Waals surface area contributed by atoms with Gasteiger partial charge in [0.25, 0.3) is 0 Å². The largest absolute Gasteiger partial charge is 0.465 e. The second kappa shape index (κ2) is 7.43. The van der Waals surface area contributed by atoms with Gasteiger partial charge in [-0.15, -0.1) is 12.4 Å². The van der Waals surface area contributed by atoms with Crippen LogP contribution in [0.5, 0.6) is 0 Å². The van der Waals surface area contributed by atoms with Gasteiger partial charge in [0, 0.05) is 25.3 Å². The Kier molecular flexibility index (Phi) is 6.21. The molecule has 2 heterocycles. The number of likely N-dealkylation sites (tertiary alicyclic amines) is 1. The first-order valence-electron chi connectivity index (χ1n) is 6.20. The van der Waals surface area contributed by atoms with Gasteiger partial charge in [0.05, 0.1) is 18.4 Å². The molecule has 0 amide bonds. The van der Waals surface area contributed by atoms with E-state index in [2.05, 4.69) is 14.6 Å². The molecule has 19 heavy (non-hydrogen) atoms. The third-order valence-corrected chi connectivity index (χ3v) is 3.17. The summed E-state index contributed by atoms with van der Waals surface area (Å²) in [7, 11) is 1.37. The molecule has 1 saturated heterocycles. The molecule has 2 rings (SSSR count). The highest BCUT2D eigenvalue weighted by Crippen LogP contribution is 2.11. The van der Waals surface area contributed by atoms with Crippen molar-refractivity contribution >= 4 is 18.4 Å². The van der Waals surface area contributed by atoms with E-state index in [-0.39, 0.29) is 24.4 Å². The van der Waals surface area contributed by atoms with E-state index in [4.69, 9.17) is 5.73 Å². The van der Waals surface area contributed by atoms with Crippen LogP contribution in [0.15, 0.2) is 18.3 Å². The summed E-state index contributed by atoms with van der Waals surface area (Å²) in [6, 6.07) is 3.89. The molecule has 1 atom stereocenters. The number of nitrogens with two attached hydrogens (primary N) is 1. The Hall–Kier alpha value is -1.17. The van der Waals surface area contributed by atoms with Crippen LogP contribution in [0, 0.1) is 0 Å². The van der Waals surface area contributed by atoms with Crippen LogP contribution in [0.1, 0.15) is 28.9 Å². The summed E-state index contributed by atoms with van der Waals surface area (Å²) in [5, 5.41) is 0. The molecular weight excluding hydrogens is 266 g/mol. The fraction of sp³-hybridized carbons (Fsp3) is 0.538. The number of methoxy groups -OCH3 is 1. The quantitative estimate of drug-likeness (QED) is 0.846. The number of carbonyl (C=O) groups is 1. The van der Waals surface area contributed by atoms with Crippen LogP contribution < -0.4 is 5.73 Å². The van der Waals surface area contributed by atoms with Gasteiger partial charge in [-0.25, -0.2) is 4.79 Å². The molecule has 1 aliphatic rings. The zero-order chi connectivity index (χ0) is 13.0. The van der Waals surface area contributed by atoms with Crippen LogP contribution in [-0.2, 0) is 11.3 Å². The molecule has 0 saturated carbocycles. The maximum Gasteiger partial charge on any atom is 0.339 e. The molecule has 0 aromatic carbocycles. The van der Waals surface area contributed by atoms with Crippen LogP contribution in [0.3, 0.4) is 0 Å². The molecule has 106 valence electrons. The predicted molar refractivity (Wildman–Crippen MR) is 75.3 cm³/mol. The molecule has 5 nitrogen and oxygen atoms in total. The van der Waals surface area contributed by atoms with Crippen LogP contribution in [0.2, 0.25) is 0 Å². The molecule has 2 N–H and O–H groups in total. The van der Waals surface area contributed by atoms with Crippen molar-refractivity contribution in [2.75, 3.05) is 20.2 Å². The number of hydrogen-bond donors (Lipinski definition) is 1. The third kappa shape index (κ3) is 4.45. The Bertz CT molecular complexity index is 411. The molecule has 1 aromatic rings. The van der Waals surface area contributed by atoms with Gasteiger partial charge in [0.1, 0.15) is 0 Å². The number of hydrogen-bond acceptors (Lipinski definition) is 5. The lowest BCUT2D eigenvalue weighted by Gasteiger charge is -2.30. The number of piperidine rings is 1. The summed E-state index contributed by atoms with van der Waals surface area (Å²) in [4.78, 5) is 17.9. The standard InChI is InChI=1S/C13H19N3O2.ClH/c1-18-13(17)10-4-5-12(15-7-10)9-16-6-2-3-11(14)8-16;/h4-5,7,11H,2-3,6,8-9,14H2,1H3;1H. The minimum absolute atomic E-state index is 0. The normalized spacial score (nSPS) is 19.6. The van der Waals surface area contributed by atoms with Crippen molar-refractivity contribution in [2.24, 2.45) is 5.73 Å². The summed E-state index contributed by atoms with van der Waals surface area (Å²) in [6.07, 6.45) is 3.80. The Morgan fingerprint density at radius 2 is 2.37 bits per heavy atom. The average molecular weight is 286 g/mol. The van der Waals surface area contributed by atoms with Crippen molar-refractivity contribution in [3.63, 3.8) is 0 Å². The zero-order valence-electron chi connectivity index (χ0n) is 11.0. The van der Waals surface area contributed by atoms with E-state index in [0.717, 1.165) is 38.2 Å². The number of esters is 1. The lowest BCUT2D eigenvalue weighted by molar-refractivity contribution is 0.0600. The molecule has 0 radical (unpaired) electrons. The van der Waals surface area contributed by atoms with E-state index in [1.165, 1.54) is 7.11 Å². The van der Waals surface area contributed by atoms with Gasteiger partial charge in [-0.1, -0.05) is 0 Å². The number of nitrogens with zero attached hydrogens (tertiary/aromatic N) is 2. The second-order valence-corrected chi connectivity index (χ2v) is 4.67. The summed E-state index contributed by atoms with van der Waals surface area (Å²) >= 11 is 0. The number of halogens is 1. The van der Waals surface area contributed by atoms with Crippen molar-refractivity contribution in [3.05, 3.63) is 29.6 Å². The predicted octanol–water partition coefficient (Wildman–Crippen LogP) is 1.21. The Morgan fingerprint density at radius 3 is 2.95 bits per heavy atom. The van der Waals surface area contributed by atoms with Gasteiger partial charge in [-0.05, 0) is 31.5 Å². The Morgan fingerprint density at radius 1 is 1.58 bits per heavy atom. The van der Waals surface area contributed by atoms with Gasteiger partial charge in [0.2, 0.25) is 0 Å². The second-order valence-electron chi connectivity index (χ2n) is 4.67. The Labute approximate surface area is 119 Å². The van der Waals surface area contributed by atoms with E-state index in [1.807, 2.05) is 6.07 Å². The van der Waals surface area contributed by atoms with E-state index in [1.54, 1.807) is 12.3 Å². The fourth-order valence-electron chi connectivity index (χ4n) is 2.22. The average Bonchev–Trinajstić information content (AvgIpc) is 2.39.